The van der Waals surface area contributed by atoms with Gasteiger partial charge in [0.25, 0.3) is 0 Å². The number of para-hydroxylation sites is 1. The Kier molecular flexibility index (Phi) is 7.87. The summed E-state index contributed by atoms with van der Waals surface area (Å²) in [6.45, 7) is 5.76. The lowest BCUT2D eigenvalue weighted by Gasteiger charge is -2.13. The number of nitrogens with zero attached hydrogens (tertiary/aromatic N) is 1. The van der Waals surface area contributed by atoms with Crippen molar-refractivity contribution in [1.29, 1.82) is 0 Å². The fraction of sp³-hybridized carbons (Fsp3) is 0.381. The molecule has 0 heterocycles. The first kappa shape index (κ1) is 21.8. The molecule has 0 radical (unpaired) electrons. The molecule has 0 fully saturated rings. The molecule has 2 N–H and O–H groups in total. The van der Waals surface area contributed by atoms with Crippen molar-refractivity contribution < 1.29 is 13.2 Å². The Hall–Kier alpha value is -2.54. The van der Waals surface area contributed by atoms with E-state index in [0.717, 1.165) is 35.4 Å². The maximum absolute atomic E-state index is 11.7. The Labute approximate surface area is 168 Å². The number of sulfone groups is 1. The normalized spacial score (nSPS) is 11.9. The molecular weight excluding hydrogens is 374 g/mol. The molecule has 0 aliphatic rings. The van der Waals surface area contributed by atoms with Gasteiger partial charge in [0, 0.05) is 26.4 Å². The van der Waals surface area contributed by atoms with Crippen molar-refractivity contribution in [2.75, 3.05) is 26.5 Å². The minimum atomic E-state index is -3.19. The van der Waals surface area contributed by atoms with Crippen LogP contribution in [0.1, 0.15) is 23.1 Å². The Bertz CT molecular complexity index is 924. The molecule has 28 heavy (non-hydrogen) atoms. The lowest BCUT2D eigenvalue weighted by Crippen LogP contribution is -2.37. The Morgan fingerprint density at radius 3 is 2.46 bits per heavy atom. The van der Waals surface area contributed by atoms with E-state index in [0.29, 0.717) is 24.0 Å². The van der Waals surface area contributed by atoms with Crippen molar-refractivity contribution in [3.63, 3.8) is 0 Å². The van der Waals surface area contributed by atoms with Crippen LogP contribution in [0.25, 0.3) is 0 Å². The lowest BCUT2D eigenvalue weighted by atomic mass is 10.1. The molecule has 2 aromatic rings. The van der Waals surface area contributed by atoms with E-state index >= 15 is 0 Å². The smallest absolute Gasteiger partial charge is 0.191 e. The zero-order chi connectivity index (χ0) is 20.6. The first-order chi connectivity index (χ1) is 13.3. The number of rotatable bonds is 8. The van der Waals surface area contributed by atoms with E-state index in [9.17, 15) is 8.42 Å². The van der Waals surface area contributed by atoms with Crippen LogP contribution in [0.2, 0.25) is 0 Å². The van der Waals surface area contributed by atoms with Crippen LogP contribution in [-0.2, 0) is 16.4 Å². The Morgan fingerprint density at radius 1 is 1.07 bits per heavy atom. The fourth-order valence-electron chi connectivity index (χ4n) is 2.82. The zero-order valence-corrected chi connectivity index (χ0v) is 17.8. The third-order valence-electron chi connectivity index (χ3n) is 4.29. The molecule has 0 saturated heterocycles. The molecular formula is C21H29N3O3S. The first-order valence-electron chi connectivity index (χ1n) is 9.24. The predicted octanol–water partition coefficient (Wildman–Crippen LogP) is 2.84. The Morgan fingerprint density at radius 2 is 1.82 bits per heavy atom. The average Bonchev–Trinajstić information content (AvgIpc) is 2.64. The predicted molar refractivity (Wildman–Crippen MR) is 114 cm³/mol. The van der Waals surface area contributed by atoms with Crippen molar-refractivity contribution in [2.24, 2.45) is 4.99 Å². The molecule has 0 atom stereocenters. The van der Waals surface area contributed by atoms with Gasteiger partial charge < -0.3 is 15.4 Å². The van der Waals surface area contributed by atoms with Gasteiger partial charge >= 0.3 is 0 Å². The van der Waals surface area contributed by atoms with Crippen molar-refractivity contribution in [3.8, 4) is 5.75 Å². The summed E-state index contributed by atoms with van der Waals surface area (Å²) in [7, 11) is -1.48. The van der Waals surface area contributed by atoms with Gasteiger partial charge in [-0.3, -0.25) is 4.99 Å². The van der Waals surface area contributed by atoms with Crippen LogP contribution in [0.3, 0.4) is 0 Å². The lowest BCUT2D eigenvalue weighted by molar-refractivity contribution is 0.309. The van der Waals surface area contributed by atoms with Crippen molar-refractivity contribution in [3.05, 3.63) is 59.2 Å². The van der Waals surface area contributed by atoms with Gasteiger partial charge in [-0.2, -0.15) is 0 Å². The topological polar surface area (TPSA) is 79.8 Å². The molecule has 152 valence electrons. The largest absolute Gasteiger partial charge is 0.493 e. The summed E-state index contributed by atoms with van der Waals surface area (Å²) in [6.07, 6.45) is 2.07. The maximum atomic E-state index is 11.7. The first-order valence-corrected chi connectivity index (χ1v) is 11.1. The number of guanidine groups is 1. The molecule has 6 nitrogen and oxygen atoms in total. The summed E-state index contributed by atoms with van der Waals surface area (Å²) < 4.78 is 29.2. The second-order valence-corrected chi connectivity index (χ2v) is 8.68. The highest BCUT2D eigenvalue weighted by Crippen LogP contribution is 2.17. The second-order valence-electron chi connectivity index (χ2n) is 6.69. The minimum absolute atomic E-state index is 0.368. The van der Waals surface area contributed by atoms with E-state index in [4.69, 9.17) is 4.74 Å². The number of aliphatic imine (C=N–C) groups is 1. The monoisotopic (exact) mass is 403 g/mol. The van der Waals surface area contributed by atoms with E-state index in [2.05, 4.69) is 15.6 Å². The molecule has 2 aromatic carbocycles. The van der Waals surface area contributed by atoms with Crippen LogP contribution in [0.4, 0.5) is 0 Å². The summed E-state index contributed by atoms with van der Waals surface area (Å²) in [5.41, 5.74) is 2.87. The summed E-state index contributed by atoms with van der Waals surface area (Å²) in [4.78, 5) is 4.58. The van der Waals surface area contributed by atoms with Crippen LogP contribution in [0, 0.1) is 13.8 Å². The van der Waals surface area contributed by atoms with Crippen molar-refractivity contribution in [2.45, 2.75) is 31.7 Å². The molecule has 0 aliphatic heterocycles. The molecule has 0 unspecified atom stereocenters. The van der Waals surface area contributed by atoms with Crippen LogP contribution in [0.15, 0.2) is 52.4 Å². The fourth-order valence-corrected chi connectivity index (χ4v) is 3.78. The van der Waals surface area contributed by atoms with Crippen molar-refractivity contribution in [1.82, 2.24) is 10.6 Å². The van der Waals surface area contributed by atoms with Crippen LogP contribution in [0.5, 0.6) is 5.75 Å². The maximum Gasteiger partial charge on any atom is 0.191 e. The molecule has 0 amide bonds. The standard InChI is InChI=1S/C21H29N3O3S/c1-16-8-5-6-9-19(16)27-13-7-12-23-21(22-3)24-15-18-10-11-20(17(2)14-18)28(4,25)26/h5-6,8-11,14H,7,12-13,15H2,1-4H3,(H2,22,23,24). The number of nitrogens with one attached hydrogen (secondary N) is 2. The van der Waals surface area contributed by atoms with Gasteiger partial charge in [-0.1, -0.05) is 30.3 Å². The summed E-state index contributed by atoms with van der Waals surface area (Å²) >= 11 is 0. The van der Waals surface area contributed by atoms with Gasteiger partial charge in [0.1, 0.15) is 5.75 Å². The average molecular weight is 404 g/mol. The number of ether oxygens (including phenoxy) is 1. The molecule has 0 saturated carbocycles. The highest BCUT2D eigenvalue weighted by atomic mass is 32.2. The minimum Gasteiger partial charge on any atom is -0.493 e. The molecule has 0 bridgehead atoms. The number of aryl methyl sites for hydroxylation is 2. The molecule has 7 heteroatoms. The van der Waals surface area contributed by atoms with Crippen LogP contribution < -0.4 is 15.4 Å². The number of hydrogen-bond acceptors (Lipinski definition) is 4. The van der Waals surface area contributed by atoms with Crippen LogP contribution >= 0.6 is 0 Å². The highest BCUT2D eigenvalue weighted by Gasteiger charge is 2.10. The Balaban J connectivity index is 1.76. The van der Waals surface area contributed by atoms with Crippen LogP contribution in [-0.4, -0.2) is 40.8 Å². The summed E-state index contributed by atoms with van der Waals surface area (Å²) in [5.74, 6) is 1.61. The third kappa shape index (κ3) is 6.56. The quantitative estimate of drug-likeness (QED) is 0.402. The van der Waals surface area contributed by atoms with Gasteiger partial charge in [-0.15, -0.1) is 0 Å². The molecule has 0 aromatic heterocycles. The zero-order valence-electron chi connectivity index (χ0n) is 17.0. The van der Waals surface area contributed by atoms with Gasteiger partial charge in [0.2, 0.25) is 0 Å². The van der Waals surface area contributed by atoms with E-state index in [1.807, 2.05) is 43.3 Å². The SMILES string of the molecule is CN=C(NCCCOc1ccccc1C)NCc1ccc(S(C)(=O)=O)c(C)c1. The third-order valence-corrected chi connectivity index (χ3v) is 5.54. The highest BCUT2D eigenvalue weighted by molar-refractivity contribution is 7.90. The molecule has 2 rings (SSSR count). The number of hydrogen-bond donors (Lipinski definition) is 2. The number of benzene rings is 2. The van der Waals surface area contributed by atoms with E-state index in [1.165, 1.54) is 6.26 Å². The summed E-state index contributed by atoms with van der Waals surface area (Å²) in [6, 6.07) is 13.3. The van der Waals surface area contributed by atoms with E-state index in [1.54, 1.807) is 20.0 Å². The molecule has 0 aliphatic carbocycles. The van der Waals surface area contributed by atoms with E-state index in [-0.39, 0.29) is 0 Å². The second kappa shape index (κ2) is 10.1. The van der Waals surface area contributed by atoms with Crippen molar-refractivity contribution >= 4 is 15.8 Å². The molecule has 0 spiro atoms. The summed E-state index contributed by atoms with van der Waals surface area (Å²) in [5, 5.41) is 6.49. The van der Waals surface area contributed by atoms with E-state index < -0.39 is 9.84 Å². The van der Waals surface area contributed by atoms with Gasteiger partial charge in [0.15, 0.2) is 15.8 Å². The van der Waals surface area contributed by atoms with Gasteiger partial charge in [0.05, 0.1) is 11.5 Å². The van der Waals surface area contributed by atoms with Gasteiger partial charge in [-0.25, -0.2) is 8.42 Å². The van der Waals surface area contributed by atoms with Gasteiger partial charge in [-0.05, 0) is 49.1 Å².